The van der Waals surface area contributed by atoms with E-state index in [-0.39, 0.29) is 17.7 Å². The highest BCUT2D eigenvalue weighted by molar-refractivity contribution is 6.32. The van der Waals surface area contributed by atoms with Gasteiger partial charge in [0.25, 0.3) is 0 Å². The first-order valence-corrected chi connectivity index (χ1v) is 8.37. The molecule has 4 N–H and O–H groups in total. The number of phenolic OH excluding ortho intramolecular Hbond substituents is 1. The van der Waals surface area contributed by atoms with Crippen LogP contribution in [0.5, 0.6) is 11.5 Å². The first kappa shape index (κ1) is 17.8. The molecule has 0 aromatic heterocycles. The van der Waals surface area contributed by atoms with Crippen LogP contribution >= 0.6 is 23.2 Å². The molecule has 6 nitrogen and oxygen atoms in total. The lowest BCUT2D eigenvalue weighted by Crippen LogP contribution is -2.39. The highest BCUT2D eigenvalue weighted by atomic mass is 35.5. The Morgan fingerprint density at radius 1 is 1.24 bits per heavy atom. The highest BCUT2D eigenvalue weighted by Crippen LogP contribution is 2.32. The van der Waals surface area contributed by atoms with Crippen molar-refractivity contribution in [1.29, 1.82) is 0 Å². The van der Waals surface area contributed by atoms with Crippen molar-refractivity contribution in [2.45, 2.75) is 18.5 Å². The minimum absolute atomic E-state index is 0.131. The smallest absolute Gasteiger partial charge is 0.242 e. The summed E-state index contributed by atoms with van der Waals surface area (Å²) >= 11 is 12.0. The van der Waals surface area contributed by atoms with E-state index in [0.717, 1.165) is 0 Å². The largest absolute Gasteiger partial charge is 0.508 e. The number of phenols is 1. The lowest BCUT2D eigenvalue weighted by atomic mass is 10.0. The van der Waals surface area contributed by atoms with Crippen LogP contribution in [-0.4, -0.2) is 24.2 Å². The van der Waals surface area contributed by atoms with Crippen LogP contribution in [0.15, 0.2) is 36.4 Å². The number of rotatable bonds is 4. The van der Waals surface area contributed by atoms with Crippen molar-refractivity contribution >= 4 is 34.8 Å². The Balaban J connectivity index is 1.66. The van der Waals surface area contributed by atoms with Crippen molar-refractivity contribution in [3.05, 3.63) is 52.0 Å². The number of anilines is 1. The van der Waals surface area contributed by atoms with Crippen LogP contribution in [0.4, 0.5) is 5.69 Å². The van der Waals surface area contributed by atoms with Crippen LogP contribution in [-0.2, 0) is 4.79 Å². The van der Waals surface area contributed by atoms with Crippen LogP contribution in [0.3, 0.4) is 0 Å². The first-order chi connectivity index (χ1) is 12.0. The quantitative estimate of drug-likeness (QED) is 0.653. The summed E-state index contributed by atoms with van der Waals surface area (Å²) in [5, 5.41) is 13.7. The zero-order chi connectivity index (χ0) is 18.0. The summed E-state index contributed by atoms with van der Waals surface area (Å²) in [6.45, 7) is 0. The number of amides is 1. The van der Waals surface area contributed by atoms with Gasteiger partial charge in [-0.1, -0.05) is 23.2 Å². The Morgan fingerprint density at radius 3 is 2.76 bits per heavy atom. The van der Waals surface area contributed by atoms with Gasteiger partial charge < -0.3 is 15.2 Å². The monoisotopic (exact) mass is 381 g/mol. The van der Waals surface area contributed by atoms with Gasteiger partial charge in [0.15, 0.2) is 0 Å². The molecular formula is C17H17Cl2N3O3. The van der Waals surface area contributed by atoms with E-state index in [0.29, 0.717) is 33.5 Å². The lowest BCUT2D eigenvalue weighted by Gasteiger charge is -2.13. The molecule has 2 atom stereocenters. The number of carbonyl (C=O) groups is 1. The summed E-state index contributed by atoms with van der Waals surface area (Å²) in [5.74, 6) is 0.460. The average molecular weight is 382 g/mol. The number of ether oxygens (including phenoxy) is 1. The number of carbonyl (C=O) groups excluding carboxylic acids is 1. The van der Waals surface area contributed by atoms with Crippen molar-refractivity contribution in [3.63, 3.8) is 0 Å². The molecule has 2 unspecified atom stereocenters. The molecule has 1 amide bonds. The van der Waals surface area contributed by atoms with E-state index in [9.17, 15) is 9.90 Å². The summed E-state index contributed by atoms with van der Waals surface area (Å²) in [4.78, 5) is 12.4. The van der Waals surface area contributed by atoms with E-state index >= 15 is 0 Å². The number of hydrogen-bond acceptors (Lipinski definition) is 5. The Kier molecular flexibility index (Phi) is 5.34. The Bertz CT molecular complexity index is 801. The van der Waals surface area contributed by atoms with Gasteiger partial charge >= 0.3 is 0 Å². The van der Waals surface area contributed by atoms with Crippen LogP contribution in [0.25, 0.3) is 0 Å². The predicted molar refractivity (Wildman–Crippen MR) is 97.2 cm³/mol. The Morgan fingerprint density at radius 2 is 2.04 bits per heavy atom. The molecule has 1 saturated heterocycles. The summed E-state index contributed by atoms with van der Waals surface area (Å²) in [7, 11) is 1.53. The molecule has 132 valence electrons. The molecule has 1 aliphatic heterocycles. The van der Waals surface area contributed by atoms with Crippen LogP contribution in [0.2, 0.25) is 10.0 Å². The maximum Gasteiger partial charge on any atom is 0.242 e. The highest BCUT2D eigenvalue weighted by Gasteiger charge is 2.31. The topological polar surface area (TPSA) is 82.6 Å². The van der Waals surface area contributed by atoms with E-state index in [1.165, 1.54) is 13.2 Å². The summed E-state index contributed by atoms with van der Waals surface area (Å²) < 4.78 is 5.09. The molecule has 2 aromatic carbocycles. The molecule has 8 heteroatoms. The number of nitrogens with one attached hydrogen (secondary N) is 3. The van der Waals surface area contributed by atoms with Crippen LogP contribution < -0.4 is 20.9 Å². The number of benzene rings is 2. The van der Waals surface area contributed by atoms with Crippen molar-refractivity contribution in [1.82, 2.24) is 10.9 Å². The summed E-state index contributed by atoms with van der Waals surface area (Å²) in [6, 6.07) is 9.15. The maximum absolute atomic E-state index is 12.4. The molecule has 0 radical (unpaired) electrons. The molecule has 1 heterocycles. The maximum atomic E-state index is 12.4. The van der Waals surface area contributed by atoms with Crippen LogP contribution in [0.1, 0.15) is 18.0 Å². The second-order valence-electron chi connectivity index (χ2n) is 5.67. The van der Waals surface area contributed by atoms with Gasteiger partial charge in [-0.3, -0.25) is 4.79 Å². The molecule has 0 bridgehead atoms. The van der Waals surface area contributed by atoms with Crippen molar-refractivity contribution in [2.24, 2.45) is 0 Å². The summed E-state index contributed by atoms with van der Waals surface area (Å²) in [6.07, 6.45) is 0.462. The summed E-state index contributed by atoms with van der Waals surface area (Å²) in [5.41, 5.74) is 7.16. The number of halogens is 2. The van der Waals surface area contributed by atoms with Gasteiger partial charge in [-0.15, -0.1) is 0 Å². The fourth-order valence-electron chi connectivity index (χ4n) is 2.71. The third kappa shape index (κ3) is 3.99. The first-order valence-electron chi connectivity index (χ1n) is 7.62. The normalized spacial score (nSPS) is 19.6. The van der Waals surface area contributed by atoms with Crippen molar-refractivity contribution in [2.75, 3.05) is 12.4 Å². The number of aromatic hydroxyl groups is 1. The molecule has 0 aliphatic carbocycles. The molecule has 25 heavy (non-hydrogen) atoms. The zero-order valence-electron chi connectivity index (χ0n) is 13.3. The average Bonchev–Trinajstić information content (AvgIpc) is 3.07. The van der Waals surface area contributed by atoms with Gasteiger partial charge in [-0.2, -0.15) is 0 Å². The third-order valence-electron chi connectivity index (χ3n) is 4.00. The minimum atomic E-state index is -0.468. The number of hydrazine groups is 1. The van der Waals surface area contributed by atoms with E-state index in [1.54, 1.807) is 30.3 Å². The van der Waals surface area contributed by atoms with Crippen molar-refractivity contribution in [3.8, 4) is 11.5 Å². The second kappa shape index (κ2) is 7.49. The van der Waals surface area contributed by atoms with Gasteiger partial charge in [0.1, 0.15) is 17.5 Å². The van der Waals surface area contributed by atoms with Gasteiger partial charge in [0.05, 0.1) is 18.2 Å². The van der Waals surface area contributed by atoms with E-state index < -0.39 is 6.04 Å². The predicted octanol–water partition coefficient (Wildman–Crippen LogP) is 3.25. The number of hydrogen-bond donors (Lipinski definition) is 4. The Hall–Kier alpha value is -1.99. The van der Waals surface area contributed by atoms with Gasteiger partial charge in [-0.05, 0) is 42.8 Å². The third-order valence-corrected chi connectivity index (χ3v) is 4.53. The number of methoxy groups -OCH3 is 1. The zero-order valence-corrected chi connectivity index (χ0v) is 14.9. The molecule has 3 rings (SSSR count). The molecule has 1 aliphatic rings. The molecule has 0 spiro atoms. The lowest BCUT2D eigenvalue weighted by molar-refractivity contribution is -0.117. The molecule has 2 aromatic rings. The fourth-order valence-corrected chi connectivity index (χ4v) is 3.15. The van der Waals surface area contributed by atoms with E-state index in [1.807, 2.05) is 0 Å². The fraction of sp³-hybridized carbons (Fsp3) is 0.235. The van der Waals surface area contributed by atoms with Gasteiger partial charge in [0.2, 0.25) is 5.91 Å². The molecule has 1 fully saturated rings. The molecular weight excluding hydrogens is 365 g/mol. The SMILES string of the molecule is COc1ccc(NC(=O)C2CC(c3cc(Cl)ccc3O)NN2)cc1Cl. The van der Waals surface area contributed by atoms with E-state index in [4.69, 9.17) is 27.9 Å². The second-order valence-corrected chi connectivity index (χ2v) is 6.51. The van der Waals surface area contributed by atoms with Gasteiger partial charge in [-0.25, -0.2) is 10.9 Å². The standard InChI is InChI=1S/C17H17Cl2N3O3/c1-25-16-5-3-10(7-12(16)19)20-17(24)14-8-13(21-22-14)11-6-9(18)2-4-15(11)23/h2-7,13-14,21-23H,8H2,1H3,(H,20,24). The minimum Gasteiger partial charge on any atom is -0.508 e. The van der Waals surface area contributed by atoms with Crippen LogP contribution in [0, 0.1) is 0 Å². The van der Waals surface area contributed by atoms with E-state index in [2.05, 4.69) is 16.2 Å². The Labute approximate surface area is 155 Å². The van der Waals surface area contributed by atoms with Gasteiger partial charge in [0, 0.05) is 16.3 Å². The molecule has 0 saturated carbocycles. The van der Waals surface area contributed by atoms with Crippen molar-refractivity contribution < 1.29 is 14.6 Å².